The minimum atomic E-state index is -0.0687. The molecule has 0 aromatic heterocycles. The first-order chi connectivity index (χ1) is 10.2. The molecule has 7 heteroatoms. The normalized spacial score (nSPS) is 10.6. The van der Waals surface area contributed by atoms with Crippen LogP contribution in [0.4, 0.5) is 0 Å². The number of hydrogen-bond acceptors (Lipinski definition) is 6. The lowest BCUT2D eigenvalue weighted by Gasteiger charge is -2.07. The Balaban J connectivity index is 0. The summed E-state index contributed by atoms with van der Waals surface area (Å²) in [6, 6.07) is 0. The van der Waals surface area contributed by atoms with E-state index in [-0.39, 0.29) is 19.7 Å². The first-order valence-electron chi connectivity index (χ1n) is 7.21. The maximum Gasteiger partial charge on any atom is 0.222 e. The van der Waals surface area contributed by atoms with Crippen molar-refractivity contribution in [2.45, 2.75) is 19.8 Å². The molecule has 0 heterocycles. The highest BCUT2D eigenvalue weighted by Crippen LogP contribution is 1.85. The maximum absolute atomic E-state index is 11.4. The largest absolute Gasteiger partial charge is 0.382 e. The van der Waals surface area contributed by atoms with Crippen molar-refractivity contribution in [3.05, 3.63) is 0 Å². The van der Waals surface area contributed by atoms with Gasteiger partial charge in [-0.3, -0.25) is 9.59 Å². The second kappa shape index (κ2) is 15.4. The molecule has 0 unspecified atom stereocenters. The van der Waals surface area contributed by atoms with E-state index >= 15 is 0 Å². The van der Waals surface area contributed by atoms with Crippen molar-refractivity contribution in [2.75, 3.05) is 59.9 Å². The lowest BCUT2D eigenvalue weighted by Crippen LogP contribution is -2.28. The molecule has 0 atom stereocenters. The SMILES string of the molecule is CCC(=O)COCCOCCNC(=O)CCOCCOC.[HH]. The Morgan fingerprint density at radius 1 is 0.952 bits per heavy atom. The van der Waals surface area contributed by atoms with Gasteiger partial charge in [0.25, 0.3) is 0 Å². The molecular weight excluding hydrogens is 278 g/mol. The highest BCUT2D eigenvalue weighted by Gasteiger charge is 2.01. The topological polar surface area (TPSA) is 83.1 Å². The first kappa shape index (κ1) is 20.0. The highest BCUT2D eigenvalue weighted by molar-refractivity contribution is 5.79. The number of amides is 1. The summed E-state index contributed by atoms with van der Waals surface area (Å²) < 4.78 is 20.4. The van der Waals surface area contributed by atoms with Gasteiger partial charge in [-0.15, -0.1) is 0 Å². The smallest absolute Gasteiger partial charge is 0.222 e. The molecule has 0 rings (SSSR count). The monoisotopic (exact) mass is 307 g/mol. The molecule has 0 saturated carbocycles. The number of rotatable bonds is 15. The van der Waals surface area contributed by atoms with Gasteiger partial charge in [-0.05, 0) is 0 Å². The van der Waals surface area contributed by atoms with Crippen molar-refractivity contribution in [3.63, 3.8) is 0 Å². The maximum atomic E-state index is 11.4. The molecule has 0 aromatic carbocycles. The Kier molecular flexibility index (Phi) is 14.6. The Labute approximate surface area is 127 Å². The number of carbonyl (C=O) groups excluding carboxylic acids is 2. The summed E-state index contributed by atoms with van der Waals surface area (Å²) in [7, 11) is 1.60. The number of hydrogen-bond donors (Lipinski definition) is 1. The van der Waals surface area contributed by atoms with Gasteiger partial charge in [0.1, 0.15) is 6.61 Å². The molecular formula is C14H29NO6. The molecule has 126 valence electrons. The Hall–Kier alpha value is -1.02. The summed E-state index contributed by atoms with van der Waals surface area (Å²) in [5, 5.41) is 2.72. The Morgan fingerprint density at radius 3 is 2.33 bits per heavy atom. The third-order valence-electron chi connectivity index (χ3n) is 2.50. The summed E-state index contributed by atoms with van der Waals surface area (Å²) in [4.78, 5) is 22.3. The number of nitrogens with one attached hydrogen (secondary N) is 1. The molecule has 0 spiro atoms. The van der Waals surface area contributed by atoms with Crippen LogP contribution in [0.2, 0.25) is 0 Å². The second-order valence-electron chi connectivity index (χ2n) is 4.26. The van der Waals surface area contributed by atoms with Crippen molar-refractivity contribution in [3.8, 4) is 0 Å². The Morgan fingerprint density at radius 2 is 1.62 bits per heavy atom. The molecule has 7 nitrogen and oxygen atoms in total. The second-order valence-corrected chi connectivity index (χ2v) is 4.26. The van der Waals surface area contributed by atoms with E-state index in [9.17, 15) is 9.59 Å². The zero-order chi connectivity index (χ0) is 15.8. The number of methoxy groups -OCH3 is 1. The lowest BCUT2D eigenvalue weighted by atomic mass is 10.3. The third kappa shape index (κ3) is 15.2. The molecule has 0 bridgehead atoms. The molecule has 1 amide bonds. The van der Waals surface area contributed by atoms with Crippen molar-refractivity contribution in [1.29, 1.82) is 0 Å². The Bertz CT molecular complexity index is 278. The standard InChI is InChI=1S/C14H27NO6.H2/c1-3-13(16)12-21-11-10-20-7-5-15-14(17)4-6-19-9-8-18-2;/h3-12H2,1-2H3,(H,15,17);1H. The number of Topliss-reactive ketones (excluding diaryl/α,β-unsaturated/α-hetero) is 1. The molecule has 21 heavy (non-hydrogen) atoms. The van der Waals surface area contributed by atoms with Crippen LogP contribution in [0, 0.1) is 0 Å². The van der Waals surface area contributed by atoms with E-state index in [0.29, 0.717) is 59.0 Å². The highest BCUT2D eigenvalue weighted by atomic mass is 16.5. The summed E-state index contributed by atoms with van der Waals surface area (Å²) in [6.45, 7) is 5.00. The van der Waals surface area contributed by atoms with E-state index in [1.54, 1.807) is 14.0 Å². The van der Waals surface area contributed by atoms with Gasteiger partial charge in [0.15, 0.2) is 5.78 Å². The number of carbonyl (C=O) groups is 2. The van der Waals surface area contributed by atoms with Crippen LogP contribution >= 0.6 is 0 Å². The summed E-state index contributed by atoms with van der Waals surface area (Å²) in [5.41, 5.74) is 0. The van der Waals surface area contributed by atoms with Crippen LogP contribution in [-0.2, 0) is 28.5 Å². The summed E-state index contributed by atoms with van der Waals surface area (Å²) in [5.74, 6) is 0.00999. The molecule has 0 fully saturated rings. The molecule has 0 aliphatic carbocycles. The number of ether oxygens (including phenoxy) is 4. The molecule has 0 aliphatic rings. The van der Waals surface area contributed by atoms with Crippen molar-refractivity contribution in [1.82, 2.24) is 5.32 Å². The fourth-order valence-corrected chi connectivity index (χ4v) is 1.27. The van der Waals surface area contributed by atoms with E-state index in [0.717, 1.165) is 0 Å². The van der Waals surface area contributed by atoms with Crippen LogP contribution in [0.1, 0.15) is 21.2 Å². The molecule has 0 aromatic rings. The predicted octanol–water partition coefficient (Wildman–Crippen LogP) is 0.414. The third-order valence-corrected chi connectivity index (χ3v) is 2.50. The van der Waals surface area contributed by atoms with Gasteiger partial charge in [0.05, 0.1) is 39.6 Å². The van der Waals surface area contributed by atoms with Gasteiger partial charge in [-0.25, -0.2) is 0 Å². The van der Waals surface area contributed by atoms with Crippen LogP contribution in [0.5, 0.6) is 0 Å². The summed E-state index contributed by atoms with van der Waals surface area (Å²) in [6.07, 6.45) is 0.814. The average molecular weight is 307 g/mol. The minimum Gasteiger partial charge on any atom is -0.382 e. The zero-order valence-corrected chi connectivity index (χ0v) is 13.0. The summed E-state index contributed by atoms with van der Waals surface area (Å²) >= 11 is 0. The lowest BCUT2D eigenvalue weighted by molar-refractivity contribution is -0.124. The minimum absolute atomic E-state index is 0. The van der Waals surface area contributed by atoms with E-state index in [1.165, 1.54) is 0 Å². The molecule has 0 saturated heterocycles. The van der Waals surface area contributed by atoms with Crippen LogP contribution in [0.25, 0.3) is 0 Å². The van der Waals surface area contributed by atoms with Crippen LogP contribution in [-0.4, -0.2) is 71.6 Å². The van der Waals surface area contributed by atoms with Crippen molar-refractivity contribution >= 4 is 11.7 Å². The van der Waals surface area contributed by atoms with Gasteiger partial charge < -0.3 is 24.3 Å². The first-order valence-corrected chi connectivity index (χ1v) is 7.21. The zero-order valence-electron chi connectivity index (χ0n) is 13.0. The average Bonchev–Trinajstić information content (AvgIpc) is 2.49. The van der Waals surface area contributed by atoms with Gasteiger partial charge >= 0.3 is 0 Å². The van der Waals surface area contributed by atoms with E-state index in [1.807, 2.05) is 0 Å². The fourth-order valence-electron chi connectivity index (χ4n) is 1.27. The van der Waals surface area contributed by atoms with Gasteiger partial charge in [-0.2, -0.15) is 0 Å². The number of ketones is 1. The van der Waals surface area contributed by atoms with Gasteiger partial charge in [0, 0.05) is 27.9 Å². The van der Waals surface area contributed by atoms with Crippen molar-refractivity contribution in [2.24, 2.45) is 0 Å². The fraction of sp³-hybridized carbons (Fsp3) is 0.857. The van der Waals surface area contributed by atoms with Gasteiger partial charge in [-0.1, -0.05) is 6.92 Å². The van der Waals surface area contributed by atoms with Crippen molar-refractivity contribution < 1.29 is 30.0 Å². The van der Waals surface area contributed by atoms with E-state index in [2.05, 4.69) is 5.32 Å². The van der Waals surface area contributed by atoms with E-state index < -0.39 is 0 Å². The molecule has 0 radical (unpaired) electrons. The molecule has 1 N–H and O–H groups in total. The molecule has 0 aliphatic heterocycles. The van der Waals surface area contributed by atoms with Crippen LogP contribution in [0.15, 0.2) is 0 Å². The van der Waals surface area contributed by atoms with Gasteiger partial charge in [0.2, 0.25) is 5.91 Å². The quantitative estimate of drug-likeness (QED) is 0.441. The van der Waals surface area contributed by atoms with E-state index in [4.69, 9.17) is 18.9 Å². The van der Waals surface area contributed by atoms with Crippen LogP contribution in [0.3, 0.4) is 0 Å². The predicted molar refractivity (Wildman–Crippen MR) is 79.4 cm³/mol. The van der Waals surface area contributed by atoms with Crippen LogP contribution < -0.4 is 5.32 Å².